The van der Waals surface area contributed by atoms with Gasteiger partial charge < -0.3 is 19.7 Å². The van der Waals surface area contributed by atoms with E-state index in [-0.39, 0.29) is 12.3 Å². The van der Waals surface area contributed by atoms with Gasteiger partial charge in [0.2, 0.25) is 5.91 Å². The van der Waals surface area contributed by atoms with Crippen LogP contribution >= 0.6 is 11.8 Å². The molecular weight excluding hydrogens is 462 g/mol. The molecule has 2 aliphatic heterocycles. The van der Waals surface area contributed by atoms with Crippen molar-refractivity contribution < 1.29 is 19.1 Å². The van der Waals surface area contributed by atoms with E-state index in [4.69, 9.17) is 14.5 Å². The van der Waals surface area contributed by atoms with Gasteiger partial charge in [-0.3, -0.25) is 4.79 Å². The minimum Gasteiger partial charge on any atom is -0.492 e. The zero-order chi connectivity index (χ0) is 24.8. The Morgan fingerprint density at radius 1 is 1.14 bits per heavy atom. The van der Waals surface area contributed by atoms with Crippen molar-refractivity contribution in [1.29, 1.82) is 0 Å². The van der Waals surface area contributed by atoms with E-state index in [0.717, 1.165) is 27.7 Å². The number of amides is 1. The van der Waals surface area contributed by atoms with E-state index in [1.807, 2.05) is 72.7 Å². The number of allylic oxidation sites excluding steroid dienone is 1. The molecule has 1 atom stereocenters. The number of hydrogen-bond acceptors (Lipinski definition) is 7. The predicted molar refractivity (Wildman–Crippen MR) is 138 cm³/mol. The zero-order valence-electron chi connectivity index (χ0n) is 20.1. The summed E-state index contributed by atoms with van der Waals surface area (Å²) in [4.78, 5) is 32.5. The maximum Gasteiger partial charge on any atom is 0.338 e. The number of benzene rings is 2. The largest absolute Gasteiger partial charge is 0.492 e. The van der Waals surface area contributed by atoms with E-state index in [0.29, 0.717) is 30.8 Å². The molecule has 2 aliphatic rings. The lowest BCUT2D eigenvalue weighted by Crippen LogP contribution is -2.38. The number of amidine groups is 1. The first kappa shape index (κ1) is 24.6. The van der Waals surface area contributed by atoms with Crippen molar-refractivity contribution in [3.05, 3.63) is 88.1 Å². The maximum atomic E-state index is 12.9. The average Bonchev–Trinajstić information content (AvgIpc) is 3.27. The fraction of sp³-hybridized carbons (Fsp3) is 0.296. The van der Waals surface area contributed by atoms with Crippen LogP contribution in [-0.4, -0.2) is 42.2 Å². The quantitative estimate of drug-likeness (QED) is 0.404. The monoisotopic (exact) mass is 491 g/mol. The van der Waals surface area contributed by atoms with Gasteiger partial charge in [-0.25, -0.2) is 9.79 Å². The van der Waals surface area contributed by atoms with Crippen LogP contribution in [0.15, 0.2) is 82.0 Å². The van der Waals surface area contributed by atoms with E-state index in [1.54, 1.807) is 0 Å². The standard InChI is InChI=1S/C27H29N3O4S/c1-4-22-24(26(32)33-3)25(19-10-8-9-18(2)15-19)30-20(17-35-27(30)29-22)16-23(31)28-13-14-34-21-11-6-5-7-12-21/h5-12,15,17,25H,4,13-14,16H2,1-3H3,(H,28,31)/t25-/m0/s1. The summed E-state index contributed by atoms with van der Waals surface area (Å²) in [6.07, 6.45) is 0.761. The van der Waals surface area contributed by atoms with Gasteiger partial charge in [0.05, 0.1) is 37.4 Å². The molecule has 2 aromatic carbocycles. The summed E-state index contributed by atoms with van der Waals surface area (Å²) in [7, 11) is 1.38. The fourth-order valence-corrected chi connectivity index (χ4v) is 5.11. The highest BCUT2D eigenvalue weighted by atomic mass is 32.2. The molecule has 1 amide bonds. The molecule has 0 unspecified atom stereocenters. The Labute approximate surface area is 209 Å². The Bertz CT molecular complexity index is 1190. The van der Waals surface area contributed by atoms with Gasteiger partial charge in [-0.15, -0.1) is 0 Å². The number of carbonyl (C=O) groups excluding carboxylic acids is 2. The van der Waals surface area contributed by atoms with Crippen molar-refractivity contribution >= 4 is 28.8 Å². The van der Waals surface area contributed by atoms with E-state index in [9.17, 15) is 9.59 Å². The second-order valence-corrected chi connectivity index (χ2v) is 9.04. The number of nitrogens with zero attached hydrogens (tertiary/aromatic N) is 2. The van der Waals surface area contributed by atoms with Crippen LogP contribution < -0.4 is 10.1 Å². The summed E-state index contributed by atoms with van der Waals surface area (Å²) in [5.74, 6) is 0.234. The molecule has 0 radical (unpaired) electrons. The molecule has 0 saturated heterocycles. The van der Waals surface area contributed by atoms with Crippen molar-refractivity contribution in [2.75, 3.05) is 20.3 Å². The highest BCUT2D eigenvalue weighted by Crippen LogP contribution is 2.45. The number of aliphatic imine (C=N–C) groups is 1. The second-order valence-electron chi connectivity index (χ2n) is 8.20. The lowest BCUT2D eigenvalue weighted by molar-refractivity contribution is -0.136. The van der Waals surface area contributed by atoms with Crippen molar-refractivity contribution in [3.8, 4) is 5.75 Å². The highest BCUT2D eigenvalue weighted by Gasteiger charge is 2.41. The lowest BCUT2D eigenvalue weighted by atomic mass is 9.92. The first-order valence-electron chi connectivity index (χ1n) is 11.6. The summed E-state index contributed by atoms with van der Waals surface area (Å²) < 4.78 is 10.8. The Morgan fingerprint density at radius 2 is 1.94 bits per heavy atom. The number of thioether (sulfide) groups is 1. The van der Waals surface area contributed by atoms with Gasteiger partial charge in [-0.05, 0) is 36.4 Å². The molecule has 1 N–H and O–H groups in total. The predicted octanol–water partition coefficient (Wildman–Crippen LogP) is 4.72. The first-order chi connectivity index (χ1) is 17.0. The molecule has 0 saturated carbocycles. The van der Waals surface area contributed by atoms with Gasteiger partial charge in [0.25, 0.3) is 0 Å². The number of fused-ring (bicyclic) bond motifs is 1. The molecule has 0 aromatic heterocycles. The Kier molecular flexibility index (Phi) is 7.92. The van der Waals surface area contributed by atoms with Gasteiger partial charge in [0, 0.05) is 5.70 Å². The minimum atomic E-state index is -0.416. The summed E-state index contributed by atoms with van der Waals surface area (Å²) in [5, 5.41) is 5.62. The highest BCUT2D eigenvalue weighted by molar-refractivity contribution is 8.16. The fourth-order valence-electron chi connectivity index (χ4n) is 4.17. The second kappa shape index (κ2) is 11.3. The first-order valence-corrected chi connectivity index (χ1v) is 12.5. The minimum absolute atomic E-state index is 0.123. The van der Waals surface area contributed by atoms with Gasteiger partial charge in [0.1, 0.15) is 12.4 Å². The molecule has 2 heterocycles. The van der Waals surface area contributed by atoms with Gasteiger partial charge in [-0.1, -0.05) is 66.7 Å². The molecule has 7 nitrogen and oxygen atoms in total. The Balaban J connectivity index is 1.51. The number of rotatable bonds is 9. The van der Waals surface area contributed by atoms with Crippen LogP contribution in [0.1, 0.15) is 36.9 Å². The van der Waals surface area contributed by atoms with Crippen molar-refractivity contribution in [3.63, 3.8) is 0 Å². The summed E-state index contributed by atoms with van der Waals surface area (Å²) >= 11 is 1.47. The van der Waals surface area contributed by atoms with Crippen LogP contribution in [0.3, 0.4) is 0 Å². The number of para-hydroxylation sites is 1. The van der Waals surface area contributed by atoms with Crippen molar-refractivity contribution in [1.82, 2.24) is 10.2 Å². The van der Waals surface area contributed by atoms with Crippen LogP contribution in [0.4, 0.5) is 0 Å². The van der Waals surface area contributed by atoms with E-state index >= 15 is 0 Å². The van der Waals surface area contributed by atoms with Gasteiger partial charge >= 0.3 is 5.97 Å². The molecule has 4 rings (SSSR count). The Morgan fingerprint density at radius 3 is 2.66 bits per heavy atom. The van der Waals surface area contributed by atoms with Crippen LogP contribution in [-0.2, 0) is 14.3 Å². The topological polar surface area (TPSA) is 80.2 Å². The van der Waals surface area contributed by atoms with Gasteiger partial charge in [-0.2, -0.15) is 0 Å². The Hall–Kier alpha value is -3.52. The number of hydrogen-bond donors (Lipinski definition) is 1. The zero-order valence-corrected chi connectivity index (χ0v) is 20.9. The number of methoxy groups -OCH3 is 1. The number of aryl methyl sites for hydroxylation is 1. The van der Waals surface area contributed by atoms with Crippen LogP contribution in [0.2, 0.25) is 0 Å². The molecule has 0 aliphatic carbocycles. The van der Waals surface area contributed by atoms with E-state index in [1.165, 1.54) is 18.9 Å². The van der Waals surface area contributed by atoms with Crippen LogP contribution in [0.25, 0.3) is 0 Å². The number of nitrogens with one attached hydrogen (secondary N) is 1. The SMILES string of the molecule is CCC1=C(C(=O)OC)[C@H](c2cccc(C)c2)N2C(CC(=O)NCCOc3ccccc3)=CSC2=N1. The van der Waals surface area contributed by atoms with E-state index in [2.05, 4.69) is 11.4 Å². The van der Waals surface area contributed by atoms with Crippen molar-refractivity contribution in [2.45, 2.75) is 32.7 Å². The van der Waals surface area contributed by atoms with Gasteiger partial charge in [0.15, 0.2) is 5.17 Å². The lowest BCUT2D eigenvalue weighted by Gasteiger charge is -2.36. The molecular formula is C27H29N3O4S. The molecule has 8 heteroatoms. The molecule has 2 aromatic rings. The molecule has 0 bridgehead atoms. The third kappa shape index (κ3) is 5.59. The van der Waals surface area contributed by atoms with E-state index < -0.39 is 12.0 Å². The third-order valence-corrected chi connectivity index (χ3v) is 6.65. The summed E-state index contributed by atoms with van der Waals surface area (Å²) in [5.41, 5.74) is 4.04. The molecule has 0 spiro atoms. The van der Waals surface area contributed by atoms with Crippen LogP contribution in [0.5, 0.6) is 5.75 Å². The maximum absolute atomic E-state index is 12.9. The van der Waals surface area contributed by atoms with Crippen LogP contribution in [0, 0.1) is 6.92 Å². The molecule has 182 valence electrons. The smallest absolute Gasteiger partial charge is 0.338 e. The van der Waals surface area contributed by atoms with Crippen molar-refractivity contribution in [2.24, 2.45) is 4.99 Å². The number of ether oxygens (including phenoxy) is 2. The number of carbonyl (C=O) groups is 2. The molecule has 0 fully saturated rings. The third-order valence-electron chi connectivity index (χ3n) is 5.76. The number of esters is 1. The summed E-state index contributed by atoms with van der Waals surface area (Å²) in [6.45, 7) is 4.76. The average molecular weight is 492 g/mol. The molecule has 35 heavy (non-hydrogen) atoms. The normalized spacial score (nSPS) is 16.9. The summed E-state index contributed by atoms with van der Waals surface area (Å²) in [6, 6.07) is 17.1.